The molecule has 22 heavy (non-hydrogen) atoms. The lowest BCUT2D eigenvalue weighted by Crippen LogP contribution is -2.23. The quantitative estimate of drug-likeness (QED) is 0.844. The minimum absolute atomic E-state index is 0.322. The van der Waals surface area contributed by atoms with Crippen molar-refractivity contribution >= 4 is 17.6 Å². The van der Waals surface area contributed by atoms with Gasteiger partial charge in [0.15, 0.2) is 0 Å². The van der Waals surface area contributed by atoms with Gasteiger partial charge in [-0.25, -0.2) is 0 Å². The van der Waals surface area contributed by atoms with E-state index in [4.69, 9.17) is 11.6 Å². The number of aliphatic carboxylic acids is 1. The van der Waals surface area contributed by atoms with E-state index in [1.54, 1.807) is 19.1 Å². The fraction of sp³-hybridized carbons (Fsp3) is 0.278. The number of carbonyl (C=O) groups is 1. The molecule has 116 valence electrons. The predicted octanol–water partition coefficient (Wildman–Crippen LogP) is 4.06. The number of carboxylic acid groups (broad SMARTS) is 1. The van der Waals surface area contributed by atoms with Crippen LogP contribution < -0.4 is 0 Å². The Bertz CT molecular complexity index is 608. The van der Waals surface area contributed by atoms with Gasteiger partial charge in [0.1, 0.15) is 0 Å². The van der Waals surface area contributed by atoms with Gasteiger partial charge < -0.3 is 10.2 Å². The van der Waals surface area contributed by atoms with Gasteiger partial charge in [0, 0.05) is 10.9 Å². The molecule has 0 fully saturated rings. The predicted molar refractivity (Wildman–Crippen MR) is 87.3 cm³/mol. The molecule has 3 atom stereocenters. The molecular weight excluding hydrogens is 300 g/mol. The number of aliphatic hydroxyl groups excluding tert-OH is 1. The van der Waals surface area contributed by atoms with E-state index in [1.807, 2.05) is 42.5 Å². The van der Waals surface area contributed by atoms with Crippen molar-refractivity contribution in [3.05, 3.63) is 70.7 Å². The summed E-state index contributed by atoms with van der Waals surface area (Å²) in [5.74, 6) is -1.93. The van der Waals surface area contributed by atoms with Gasteiger partial charge in [0.2, 0.25) is 0 Å². The highest BCUT2D eigenvalue weighted by atomic mass is 35.5. The molecule has 0 saturated heterocycles. The zero-order valence-electron chi connectivity index (χ0n) is 12.3. The van der Waals surface area contributed by atoms with Crippen LogP contribution in [0.4, 0.5) is 0 Å². The molecule has 0 radical (unpaired) electrons. The highest BCUT2D eigenvalue weighted by Gasteiger charge is 2.31. The van der Waals surface area contributed by atoms with Crippen LogP contribution in [0.2, 0.25) is 5.02 Å². The summed E-state index contributed by atoms with van der Waals surface area (Å²) in [6.45, 7) is 1.67. The number of benzene rings is 2. The van der Waals surface area contributed by atoms with Gasteiger partial charge >= 0.3 is 5.97 Å². The van der Waals surface area contributed by atoms with Gasteiger partial charge in [0.25, 0.3) is 0 Å². The third-order valence-corrected chi connectivity index (χ3v) is 3.97. The van der Waals surface area contributed by atoms with Crippen LogP contribution in [0, 0.1) is 0 Å². The average molecular weight is 319 g/mol. The first-order valence-corrected chi connectivity index (χ1v) is 7.58. The second-order valence-electron chi connectivity index (χ2n) is 5.47. The largest absolute Gasteiger partial charge is 0.481 e. The van der Waals surface area contributed by atoms with E-state index in [2.05, 4.69) is 0 Å². The second kappa shape index (κ2) is 7.43. The van der Waals surface area contributed by atoms with Crippen molar-refractivity contribution in [1.82, 2.24) is 0 Å². The molecule has 2 rings (SSSR count). The van der Waals surface area contributed by atoms with E-state index in [9.17, 15) is 15.0 Å². The molecule has 4 heteroatoms. The number of carboxylic acids is 1. The Balaban J connectivity index is 2.45. The van der Waals surface area contributed by atoms with Gasteiger partial charge in [-0.05, 0) is 36.6 Å². The molecule has 0 spiro atoms. The summed E-state index contributed by atoms with van der Waals surface area (Å²) in [5, 5.41) is 20.1. The number of rotatable bonds is 6. The molecular formula is C18H19ClO3. The van der Waals surface area contributed by atoms with Crippen LogP contribution in [0.25, 0.3) is 0 Å². The number of hydrogen-bond acceptors (Lipinski definition) is 2. The first kappa shape index (κ1) is 16.5. The lowest BCUT2D eigenvalue weighted by atomic mass is 9.78. The zero-order valence-corrected chi connectivity index (χ0v) is 13.1. The Morgan fingerprint density at radius 2 is 1.64 bits per heavy atom. The van der Waals surface area contributed by atoms with E-state index in [0.29, 0.717) is 11.4 Å². The van der Waals surface area contributed by atoms with Gasteiger partial charge in [-0.3, -0.25) is 4.79 Å². The lowest BCUT2D eigenvalue weighted by molar-refractivity contribution is -0.139. The second-order valence-corrected chi connectivity index (χ2v) is 5.91. The monoisotopic (exact) mass is 318 g/mol. The summed E-state index contributed by atoms with van der Waals surface area (Å²) in [4.78, 5) is 11.9. The molecule has 0 saturated carbocycles. The molecule has 0 aliphatic rings. The van der Waals surface area contributed by atoms with Gasteiger partial charge in [-0.1, -0.05) is 54.1 Å². The van der Waals surface area contributed by atoms with E-state index in [1.165, 1.54) is 0 Å². The van der Waals surface area contributed by atoms with Crippen molar-refractivity contribution in [1.29, 1.82) is 0 Å². The van der Waals surface area contributed by atoms with Crippen LogP contribution in [0.5, 0.6) is 0 Å². The summed E-state index contributed by atoms with van der Waals surface area (Å²) >= 11 is 5.92. The van der Waals surface area contributed by atoms with Crippen molar-refractivity contribution in [2.24, 2.45) is 0 Å². The van der Waals surface area contributed by atoms with Crippen molar-refractivity contribution < 1.29 is 15.0 Å². The minimum atomic E-state index is -0.896. The van der Waals surface area contributed by atoms with Crippen LogP contribution >= 0.6 is 11.6 Å². The molecule has 2 aromatic carbocycles. The summed E-state index contributed by atoms with van der Waals surface area (Å²) < 4.78 is 0. The van der Waals surface area contributed by atoms with Gasteiger partial charge in [-0.15, -0.1) is 0 Å². The van der Waals surface area contributed by atoms with E-state index >= 15 is 0 Å². The van der Waals surface area contributed by atoms with Gasteiger partial charge in [-0.2, -0.15) is 0 Å². The third kappa shape index (κ3) is 4.09. The summed E-state index contributed by atoms with van der Waals surface area (Å²) in [7, 11) is 0. The van der Waals surface area contributed by atoms with Crippen molar-refractivity contribution in [3.8, 4) is 0 Å². The third-order valence-electron chi connectivity index (χ3n) is 3.72. The van der Waals surface area contributed by atoms with Crippen molar-refractivity contribution in [3.63, 3.8) is 0 Å². The molecule has 2 N–H and O–H groups in total. The van der Waals surface area contributed by atoms with E-state index in [0.717, 1.165) is 11.1 Å². The standard InChI is InChI=1S/C18H19ClO3/c1-12(20)11-16(13-7-9-15(19)10-8-13)17(18(21)22)14-5-3-2-4-6-14/h2-10,12,16-17,20H,11H2,1H3,(H,21,22). The first-order chi connectivity index (χ1) is 10.5. The highest BCUT2D eigenvalue weighted by molar-refractivity contribution is 6.30. The van der Waals surface area contributed by atoms with Gasteiger partial charge in [0.05, 0.1) is 12.0 Å². The lowest BCUT2D eigenvalue weighted by Gasteiger charge is -2.26. The van der Waals surface area contributed by atoms with Crippen molar-refractivity contribution in [2.75, 3.05) is 0 Å². The number of hydrogen-bond donors (Lipinski definition) is 2. The molecule has 0 aliphatic heterocycles. The Morgan fingerprint density at radius 1 is 1.05 bits per heavy atom. The summed E-state index contributed by atoms with van der Waals surface area (Å²) in [6.07, 6.45) is -0.223. The SMILES string of the molecule is CC(O)CC(c1ccc(Cl)cc1)C(C(=O)O)c1ccccc1. The highest BCUT2D eigenvalue weighted by Crippen LogP contribution is 2.37. The summed E-state index contributed by atoms with van der Waals surface area (Å²) in [6, 6.07) is 16.3. The topological polar surface area (TPSA) is 57.5 Å². The molecule has 3 unspecified atom stereocenters. The fourth-order valence-corrected chi connectivity index (χ4v) is 2.88. The van der Waals surface area contributed by atoms with Crippen LogP contribution in [0.15, 0.2) is 54.6 Å². The number of aliphatic hydroxyl groups is 1. The Labute approximate surface area is 135 Å². The van der Waals surface area contributed by atoms with E-state index < -0.39 is 18.0 Å². The fourth-order valence-electron chi connectivity index (χ4n) is 2.75. The Morgan fingerprint density at radius 3 is 2.14 bits per heavy atom. The minimum Gasteiger partial charge on any atom is -0.481 e. The Kier molecular flexibility index (Phi) is 5.58. The molecule has 0 aromatic heterocycles. The molecule has 0 bridgehead atoms. The molecule has 0 aliphatic carbocycles. The van der Waals surface area contributed by atoms with E-state index in [-0.39, 0.29) is 5.92 Å². The smallest absolute Gasteiger partial charge is 0.311 e. The first-order valence-electron chi connectivity index (χ1n) is 7.20. The van der Waals surface area contributed by atoms with Crippen LogP contribution in [-0.4, -0.2) is 22.3 Å². The molecule has 0 heterocycles. The Hall–Kier alpha value is -1.84. The maximum Gasteiger partial charge on any atom is 0.311 e. The zero-order chi connectivity index (χ0) is 16.1. The summed E-state index contributed by atoms with van der Waals surface area (Å²) in [5.41, 5.74) is 1.59. The van der Waals surface area contributed by atoms with Crippen LogP contribution in [0.3, 0.4) is 0 Å². The molecule has 3 nitrogen and oxygen atoms in total. The maximum absolute atomic E-state index is 11.9. The average Bonchev–Trinajstić information content (AvgIpc) is 2.48. The molecule has 0 amide bonds. The maximum atomic E-state index is 11.9. The van der Waals surface area contributed by atoms with Crippen molar-refractivity contribution in [2.45, 2.75) is 31.3 Å². The molecule has 2 aromatic rings. The van der Waals surface area contributed by atoms with Crippen LogP contribution in [0.1, 0.15) is 36.3 Å². The number of halogens is 1. The normalized spacial score (nSPS) is 15.0. The van der Waals surface area contributed by atoms with Crippen LogP contribution in [-0.2, 0) is 4.79 Å².